The van der Waals surface area contributed by atoms with E-state index in [0.29, 0.717) is 19.3 Å². The molecule has 0 aromatic carbocycles. The van der Waals surface area contributed by atoms with Gasteiger partial charge >= 0.3 is 264 Å². The molecule has 6 nitrogen and oxygen atoms in total. The number of hydrogen-bond donors (Lipinski definition) is 0. The second-order valence-corrected chi connectivity index (χ2v) is 30.2. The van der Waals surface area contributed by atoms with Crippen LogP contribution in [0.1, 0.15) is 133 Å². The van der Waals surface area contributed by atoms with Gasteiger partial charge in [0.25, 0.3) is 0 Å². The molecule has 0 amide bonds. The van der Waals surface area contributed by atoms with E-state index in [0.717, 1.165) is 6.42 Å². The summed E-state index contributed by atoms with van der Waals surface area (Å²) >= 11 is -2.52. The minimum absolute atomic E-state index is 0.0519. The number of esters is 1. The molecule has 2 aliphatic carbocycles. The second kappa shape index (κ2) is 13.7. The number of fused-ring (bicyclic) bond motifs is 3. The van der Waals surface area contributed by atoms with E-state index in [1.165, 1.54) is 51.8 Å². The molecule has 1 spiro atoms. The third-order valence-electron chi connectivity index (χ3n) is 11.3. The topological polar surface area (TPSA) is 72.9 Å². The van der Waals surface area contributed by atoms with Crippen molar-refractivity contribution >= 4 is 34.4 Å². The second-order valence-electron chi connectivity index (χ2n) is 15.3. The summed E-state index contributed by atoms with van der Waals surface area (Å²) in [6, 6.07) is -0.294. The Morgan fingerprint density at radius 2 is 1.48 bits per heavy atom. The van der Waals surface area contributed by atoms with E-state index in [-0.39, 0.29) is 35.1 Å². The number of carbonyl (C=O) groups is 1. The summed E-state index contributed by atoms with van der Waals surface area (Å²) < 4.78 is 49.8. The summed E-state index contributed by atoms with van der Waals surface area (Å²) in [5.41, 5.74) is -2.20. The molecule has 8 heteroatoms. The molecule has 42 heavy (non-hydrogen) atoms. The van der Waals surface area contributed by atoms with Crippen molar-refractivity contribution in [2.45, 2.75) is 170 Å². The van der Waals surface area contributed by atoms with Crippen LogP contribution in [0.5, 0.6) is 0 Å². The molecule has 2 saturated carbocycles. The fourth-order valence-corrected chi connectivity index (χ4v) is 26.1. The molecule has 244 valence electrons. The SMILES string of the molecule is CCC[CH2][Sn](/[CH]=C/C[C@@]1(C)O[C@@]2(C[C@H]3CC[C@]2(CS(=O)(=O)N(C(C)C)C(C)C)C3(C)C)OC1=O)([CH2]CCC)[CH2]CCC. The Bertz CT molecular complexity index is 1040. The van der Waals surface area contributed by atoms with Crippen LogP contribution in [-0.4, -0.2) is 66.3 Å². The number of rotatable bonds is 17. The maximum absolute atomic E-state index is 14.1. The third-order valence-corrected chi connectivity index (χ3v) is 27.9. The molecule has 0 aromatic heterocycles. The Morgan fingerprint density at radius 1 is 0.952 bits per heavy atom. The summed E-state index contributed by atoms with van der Waals surface area (Å²) in [6.07, 6.45) is 12.6. The van der Waals surface area contributed by atoms with E-state index < -0.39 is 45.2 Å². The first kappa shape index (κ1) is 36.3. The van der Waals surface area contributed by atoms with Crippen molar-refractivity contribution in [3.63, 3.8) is 0 Å². The predicted octanol–water partition coefficient (Wildman–Crippen LogP) is 8.62. The first-order valence-corrected chi connectivity index (χ1v) is 26.4. The summed E-state index contributed by atoms with van der Waals surface area (Å²) in [6.45, 7) is 20.8. The number of sulfonamides is 1. The third kappa shape index (κ3) is 6.70. The fraction of sp³-hybridized carbons (Fsp3) is 0.912. The first-order valence-electron chi connectivity index (χ1n) is 17.1. The average molecular weight is 717 g/mol. The van der Waals surface area contributed by atoms with E-state index in [1.54, 1.807) is 4.31 Å². The number of unbranched alkanes of at least 4 members (excludes halogenated alkanes) is 3. The van der Waals surface area contributed by atoms with E-state index >= 15 is 0 Å². The summed E-state index contributed by atoms with van der Waals surface area (Å²) in [7, 11) is -3.64. The van der Waals surface area contributed by atoms with E-state index in [9.17, 15) is 13.2 Å². The Labute approximate surface area is 263 Å². The van der Waals surface area contributed by atoms with Crippen LogP contribution >= 0.6 is 0 Å². The van der Waals surface area contributed by atoms with Crippen molar-refractivity contribution in [1.29, 1.82) is 0 Å². The van der Waals surface area contributed by atoms with Crippen LogP contribution in [0.15, 0.2) is 10.2 Å². The van der Waals surface area contributed by atoms with Gasteiger partial charge in [0.1, 0.15) is 0 Å². The number of hydrogen-bond acceptors (Lipinski definition) is 5. The number of nitrogens with zero attached hydrogens (tertiary/aromatic N) is 1. The van der Waals surface area contributed by atoms with Crippen LogP contribution in [0.3, 0.4) is 0 Å². The van der Waals surface area contributed by atoms with Crippen LogP contribution in [0.2, 0.25) is 13.3 Å². The van der Waals surface area contributed by atoms with E-state index in [2.05, 4.69) is 44.8 Å². The molecular weight excluding hydrogens is 653 g/mol. The van der Waals surface area contributed by atoms with Crippen molar-refractivity contribution in [3.05, 3.63) is 10.2 Å². The molecule has 1 heterocycles. The molecule has 1 aliphatic heterocycles. The Kier molecular flexibility index (Phi) is 11.9. The van der Waals surface area contributed by atoms with Gasteiger partial charge in [0, 0.05) is 0 Å². The van der Waals surface area contributed by atoms with Gasteiger partial charge in [0.05, 0.1) is 0 Å². The normalized spacial score (nSPS) is 31.1. The van der Waals surface area contributed by atoms with Gasteiger partial charge in [-0.2, -0.15) is 0 Å². The van der Waals surface area contributed by atoms with Gasteiger partial charge in [-0.1, -0.05) is 0 Å². The van der Waals surface area contributed by atoms with Gasteiger partial charge < -0.3 is 0 Å². The van der Waals surface area contributed by atoms with Crippen LogP contribution in [0, 0.1) is 16.7 Å². The van der Waals surface area contributed by atoms with Crippen LogP contribution in [0.4, 0.5) is 0 Å². The van der Waals surface area contributed by atoms with Gasteiger partial charge in [-0.05, 0) is 0 Å². The summed E-state index contributed by atoms with van der Waals surface area (Å²) in [4.78, 5) is 13.8. The van der Waals surface area contributed by atoms with Crippen LogP contribution in [-0.2, 0) is 24.3 Å². The predicted molar refractivity (Wildman–Crippen MR) is 176 cm³/mol. The standard InChI is InChI=1S/C22H36NO5S.3C4H9.Sn/c1-9-11-20(8)18(24)27-22(28-20)13-17-10-12-21(22,19(17,6)7)14-29(25,26)23(15(2)3)16(4)5;3*1-3-4-2;/h1,9,15-17H,10-14H2,2-8H3;3*1,3-4H2,2H3;/t17-,20-,21+,22-;;;;/m1..../s1. The van der Waals surface area contributed by atoms with E-state index in [4.69, 9.17) is 9.47 Å². The minimum atomic E-state index is -3.64. The fourth-order valence-electron chi connectivity index (χ4n) is 8.88. The molecule has 4 atom stereocenters. The Balaban J connectivity index is 1.94. The van der Waals surface area contributed by atoms with Crippen molar-refractivity contribution in [2.24, 2.45) is 16.7 Å². The van der Waals surface area contributed by atoms with Crippen LogP contribution in [0.25, 0.3) is 0 Å². The van der Waals surface area contributed by atoms with Gasteiger partial charge in [-0.3, -0.25) is 0 Å². The Hall–Kier alpha value is -0.121. The number of carbonyl (C=O) groups excluding carboxylic acids is 1. The van der Waals surface area contributed by atoms with Gasteiger partial charge in [0.15, 0.2) is 0 Å². The summed E-state index contributed by atoms with van der Waals surface area (Å²) in [5, 5.41) is 0. The van der Waals surface area contributed by atoms with Gasteiger partial charge in [-0.25, -0.2) is 0 Å². The monoisotopic (exact) mass is 717 g/mol. The molecule has 3 fully saturated rings. The maximum atomic E-state index is 14.1. The molecule has 3 rings (SSSR count). The van der Waals surface area contributed by atoms with Crippen molar-refractivity contribution in [1.82, 2.24) is 4.31 Å². The van der Waals surface area contributed by atoms with Crippen molar-refractivity contribution in [2.75, 3.05) is 5.75 Å². The zero-order valence-corrected chi connectivity index (χ0v) is 32.4. The molecule has 3 aliphatic rings. The average Bonchev–Trinajstić information content (AvgIpc) is 3.34. The zero-order valence-electron chi connectivity index (χ0n) is 28.7. The molecule has 0 N–H and O–H groups in total. The van der Waals surface area contributed by atoms with Crippen molar-refractivity contribution in [3.8, 4) is 0 Å². The van der Waals surface area contributed by atoms with Gasteiger partial charge in [-0.15, -0.1) is 0 Å². The molecule has 2 bridgehead atoms. The molecule has 1 saturated heterocycles. The Morgan fingerprint density at radius 3 is 1.93 bits per heavy atom. The van der Waals surface area contributed by atoms with Crippen LogP contribution < -0.4 is 0 Å². The van der Waals surface area contributed by atoms with Crippen molar-refractivity contribution < 1.29 is 22.7 Å². The molecule has 0 aromatic rings. The molecule has 0 radical (unpaired) electrons. The number of ether oxygens (including phenoxy) is 2. The molecule has 0 unspecified atom stereocenters. The quantitative estimate of drug-likeness (QED) is 0.111. The zero-order chi connectivity index (χ0) is 31.6. The first-order chi connectivity index (χ1) is 19.5. The van der Waals surface area contributed by atoms with Gasteiger partial charge in [0.2, 0.25) is 0 Å². The summed E-state index contributed by atoms with van der Waals surface area (Å²) in [5.74, 6) is -1.32. The molecular formula is C34H63NO5SSn. The van der Waals surface area contributed by atoms with E-state index in [1.807, 2.05) is 34.6 Å².